The number of nitro benzene ring substituents is 1. The summed E-state index contributed by atoms with van der Waals surface area (Å²) in [6.07, 6.45) is 6.17. The number of piperidine rings is 1. The van der Waals surface area contributed by atoms with E-state index in [0.717, 1.165) is 32.1 Å². The zero-order valence-electron chi connectivity index (χ0n) is 13.3. The van der Waals surface area contributed by atoms with Crippen LogP contribution in [0.25, 0.3) is 0 Å². The molecule has 2 unspecified atom stereocenters. The standard InChI is InChI=1S/C16H22N2O4S/c1-12-14(18(19)20)9-4-10-16(12)23(21,22)17-11-5-7-13-6-2-3-8-15(13)17/h4,9-10,13,15H,2-3,5-8,11H2,1H3. The number of sulfonamides is 1. The summed E-state index contributed by atoms with van der Waals surface area (Å²) >= 11 is 0. The fourth-order valence-corrected chi connectivity index (χ4v) is 6.08. The van der Waals surface area contributed by atoms with Gasteiger partial charge in [-0.05, 0) is 44.6 Å². The Hall–Kier alpha value is -1.47. The number of fused-ring (bicyclic) bond motifs is 1. The van der Waals surface area contributed by atoms with Crippen LogP contribution in [-0.2, 0) is 10.0 Å². The van der Waals surface area contributed by atoms with E-state index in [1.54, 1.807) is 4.31 Å². The van der Waals surface area contributed by atoms with Gasteiger partial charge in [-0.2, -0.15) is 4.31 Å². The van der Waals surface area contributed by atoms with Crippen molar-refractivity contribution in [1.82, 2.24) is 4.31 Å². The minimum atomic E-state index is -3.69. The lowest BCUT2D eigenvalue weighted by Crippen LogP contribution is -2.49. The number of benzene rings is 1. The van der Waals surface area contributed by atoms with Crippen LogP contribution < -0.4 is 0 Å². The van der Waals surface area contributed by atoms with Gasteiger partial charge < -0.3 is 0 Å². The Bertz CT molecular complexity index is 715. The first kappa shape index (κ1) is 16.4. The topological polar surface area (TPSA) is 80.5 Å². The minimum absolute atomic E-state index is 0.0566. The molecule has 1 aliphatic carbocycles. The summed E-state index contributed by atoms with van der Waals surface area (Å²) < 4.78 is 27.9. The van der Waals surface area contributed by atoms with Gasteiger partial charge in [-0.25, -0.2) is 8.42 Å². The fourth-order valence-electron chi connectivity index (χ4n) is 4.08. The van der Waals surface area contributed by atoms with E-state index in [9.17, 15) is 18.5 Å². The molecular formula is C16H22N2O4S. The molecule has 0 bridgehead atoms. The van der Waals surface area contributed by atoms with Gasteiger partial charge in [0.25, 0.3) is 5.69 Å². The Kier molecular flexibility index (Phi) is 4.42. The molecule has 1 heterocycles. The first-order valence-corrected chi connectivity index (χ1v) is 9.63. The van der Waals surface area contributed by atoms with Crippen LogP contribution in [0.15, 0.2) is 23.1 Å². The molecule has 23 heavy (non-hydrogen) atoms. The quantitative estimate of drug-likeness (QED) is 0.626. The summed E-state index contributed by atoms with van der Waals surface area (Å²) in [4.78, 5) is 10.7. The molecule has 1 aliphatic heterocycles. The highest BCUT2D eigenvalue weighted by Gasteiger charge is 2.40. The zero-order valence-corrected chi connectivity index (χ0v) is 14.1. The van der Waals surface area contributed by atoms with Gasteiger partial charge in [-0.3, -0.25) is 10.1 Å². The Morgan fingerprint density at radius 2 is 1.87 bits per heavy atom. The highest BCUT2D eigenvalue weighted by molar-refractivity contribution is 7.89. The van der Waals surface area contributed by atoms with E-state index in [1.807, 2.05) is 0 Å². The van der Waals surface area contributed by atoms with Gasteiger partial charge in [0.05, 0.1) is 9.82 Å². The Morgan fingerprint density at radius 1 is 1.17 bits per heavy atom. The van der Waals surface area contributed by atoms with Gasteiger partial charge in [-0.1, -0.05) is 18.9 Å². The van der Waals surface area contributed by atoms with Crippen molar-refractivity contribution in [3.05, 3.63) is 33.9 Å². The molecule has 1 saturated carbocycles. The summed E-state index contributed by atoms with van der Waals surface area (Å²) in [5, 5.41) is 11.1. The second-order valence-electron chi connectivity index (χ2n) is 6.53. The molecule has 1 saturated heterocycles. The molecule has 1 aromatic carbocycles. The van der Waals surface area contributed by atoms with E-state index < -0.39 is 14.9 Å². The maximum atomic E-state index is 13.1. The number of rotatable bonds is 3. The van der Waals surface area contributed by atoms with Gasteiger partial charge in [0, 0.05) is 24.2 Å². The molecule has 3 rings (SSSR count). The summed E-state index contributed by atoms with van der Waals surface area (Å²) in [6, 6.07) is 4.36. The third-order valence-corrected chi connectivity index (χ3v) is 7.30. The Labute approximate surface area is 136 Å². The molecule has 1 aromatic rings. The van der Waals surface area contributed by atoms with E-state index in [2.05, 4.69) is 0 Å². The van der Waals surface area contributed by atoms with Crippen molar-refractivity contribution in [3.8, 4) is 0 Å². The highest BCUT2D eigenvalue weighted by atomic mass is 32.2. The maximum Gasteiger partial charge on any atom is 0.273 e. The van der Waals surface area contributed by atoms with Gasteiger partial charge in [-0.15, -0.1) is 0 Å². The lowest BCUT2D eigenvalue weighted by atomic mass is 9.79. The lowest BCUT2D eigenvalue weighted by Gasteiger charge is -2.43. The van der Waals surface area contributed by atoms with Gasteiger partial charge in [0.2, 0.25) is 10.0 Å². The van der Waals surface area contributed by atoms with Crippen LogP contribution in [0, 0.1) is 23.0 Å². The van der Waals surface area contributed by atoms with Crippen LogP contribution in [0.3, 0.4) is 0 Å². The minimum Gasteiger partial charge on any atom is -0.258 e. The van der Waals surface area contributed by atoms with Crippen molar-refractivity contribution in [3.63, 3.8) is 0 Å². The van der Waals surface area contributed by atoms with Crippen molar-refractivity contribution < 1.29 is 13.3 Å². The van der Waals surface area contributed by atoms with Crippen LogP contribution in [-0.4, -0.2) is 30.2 Å². The molecule has 0 amide bonds. The van der Waals surface area contributed by atoms with Gasteiger partial charge in [0.1, 0.15) is 0 Å². The highest BCUT2D eigenvalue weighted by Crippen LogP contribution is 2.39. The van der Waals surface area contributed by atoms with Gasteiger partial charge in [0.15, 0.2) is 0 Å². The number of hydrogen-bond acceptors (Lipinski definition) is 4. The van der Waals surface area contributed by atoms with Crippen LogP contribution >= 0.6 is 0 Å². The van der Waals surface area contributed by atoms with E-state index in [4.69, 9.17) is 0 Å². The third kappa shape index (κ3) is 2.87. The molecule has 6 nitrogen and oxygen atoms in total. The molecule has 0 aromatic heterocycles. The number of hydrogen-bond donors (Lipinski definition) is 0. The van der Waals surface area contributed by atoms with Crippen molar-refractivity contribution in [2.24, 2.45) is 5.92 Å². The van der Waals surface area contributed by atoms with Gasteiger partial charge >= 0.3 is 0 Å². The predicted molar refractivity (Wildman–Crippen MR) is 86.7 cm³/mol. The summed E-state index contributed by atoms with van der Waals surface area (Å²) in [7, 11) is -3.69. The summed E-state index contributed by atoms with van der Waals surface area (Å²) in [5.41, 5.74) is 0.0960. The molecule has 0 spiro atoms. The maximum absolute atomic E-state index is 13.1. The molecular weight excluding hydrogens is 316 g/mol. The summed E-state index contributed by atoms with van der Waals surface area (Å²) in [5.74, 6) is 0.436. The molecule has 2 atom stereocenters. The molecule has 7 heteroatoms. The van der Waals surface area contributed by atoms with Crippen LogP contribution in [0.5, 0.6) is 0 Å². The third-order valence-electron chi connectivity index (χ3n) is 5.23. The number of nitro groups is 1. The number of nitrogens with zero attached hydrogens (tertiary/aromatic N) is 2. The Balaban J connectivity index is 2.01. The Morgan fingerprint density at radius 3 is 2.61 bits per heavy atom. The SMILES string of the molecule is Cc1c([N+](=O)[O-])cccc1S(=O)(=O)N1CCCC2CCCCC21. The molecule has 0 radical (unpaired) electrons. The second kappa shape index (κ2) is 6.20. The van der Waals surface area contributed by atoms with Crippen LogP contribution in [0.1, 0.15) is 44.1 Å². The first-order valence-electron chi connectivity index (χ1n) is 8.19. The van der Waals surface area contributed by atoms with E-state index in [0.29, 0.717) is 12.5 Å². The molecule has 2 fully saturated rings. The van der Waals surface area contributed by atoms with Crippen molar-refractivity contribution in [1.29, 1.82) is 0 Å². The summed E-state index contributed by atoms with van der Waals surface area (Å²) in [6.45, 7) is 2.04. The zero-order chi connectivity index (χ0) is 16.6. The second-order valence-corrected chi connectivity index (χ2v) is 8.39. The average molecular weight is 338 g/mol. The van der Waals surface area contributed by atoms with E-state index in [-0.39, 0.29) is 22.2 Å². The van der Waals surface area contributed by atoms with E-state index in [1.165, 1.54) is 31.5 Å². The van der Waals surface area contributed by atoms with Crippen molar-refractivity contribution in [2.75, 3.05) is 6.54 Å². The van der Waals surface area contributed by atoms with E-state index >= 15 is 0 Å². The normalized spacial score (nSPS) is 25.8. The fraction of sp³-hybridized carbons (Fsp3) is 0.625. The lowest BCUT2D eigenvalue weighted by molar-refractivity contribution is -0.385. The van der Waals surface area contributed by atoms with Crippen molar-refractivity contribution in [2.45, 2.75) is 56.4 Å². The average Bonchev–Trinajstić information content (AvgIpc) is 2.54. The van der Waals surface area contributed by atoms with Crippen LogP contribution in [0.2, 0.25) is 0 Å². The smallest absolute Gasteiger partial charge is 0.258 e. The largest absolute Gasteiger partial charge is 0.273 e. The van der Waals surface area contributed by atoms with Crippen LogP contribution in [0.4, 0.5) is 5.69 Å². The first-order chi connectivity index (χ1) is 10.9. The predicted octanol–water partition coefficient (Wildman–Crippen LogP) is 3.25. The van der Waals surface area contributed by atoms with Crippen molar-refractivity contribution >= 4 is 15.7 Å². The molecule has 126 valence electrons. The molecule has 0 N–H and O–H groups in total. The molecule has 2 aliphatic rings. The monoisotopic (exact) mass is 338 g/mol.